The third kappa shape index (κ3) is 6.06. The van der Waals surface area contributed by atoms with Gasteiger partial charge in [0.15, 0.2) is 0 Å². The second kappa shape index (κ2) is 5.91. The summed E-state index contributed by atoms with van der Waals surface area (Å²) >= 11 is 0. The molecule has 108 valence electrons. The average Bonchev–Trinajstić information content (AvgIpc) is 2.25. The van der Waals surface area contributed by atoms with Crippen molar-refractivity contribution in [2.45, 2.75) is 65.5 Å². The molecule has 1 unspecified atom stereocenters. The highest BCUT2D eigenvalue weighted by Gasteiger charge is 2.17. The molecule has 1 aromatic heterocycles. The highest BCUT2D eigenvalue weighted by atomic mass is 16.5. The topological polar surface area (TPSA) is 34.1 Å². The van der Waals surface area contributed by atoms with E-state index in [0.29, 0.717) is 0 Å². The molecule has 0 radical (unpaired) electrons. The van der Waals surface area contributed by atoms with Gasteiger partial charge in [-0.1, -0.05) is 20.8 Å². The monoisotopic (exact) mass is 264 g/mol. The van der Waals surface area contributed by atoms with Crippen LogP contribution >= 0.6 is 0 Å². The van der Waals surface area contributed by atoms with E-state index >= 15 is 0 Å². The minimum Gasteiger partial charge on any atom is -0.489 e. The van der Waals surface area contributed by atoms with Crippen molar-refractivity contribution in [1.29, 1.82) is 0 Å². The van der Waals surface area contributed by atoms with Gasteiger partial charge in [-0.05, 0) is 33.8 Å². The Morgan fingerprint density at radius 2 is 1.84 bits per heavy atom. The molecule has 3 heteroatoms. The lowest BCUT2D eigenvalue weighted by atomic mass is 9.91. The molecule has 3 nitrogen and oxygen atoms in total. The number of hydrogen-bond donors (Lipinski definition) is 1. The maximum atomic E-state index is 5.94. The first-order valence-electron chi connectivity index (χ1n) is 6.96. The number of rotatable bonds is 4. The van der Waals surface area contributed by atoms with Gasteiger partial charge in [-0.3, -0.25) is 4.98 Å². The summed E-state index contributed by atoms with van der Waals surface area (Å²) in [5.74, 6) is 0.892. The Balaban J connectivity index is 2.62. The predicted octanol–water partition coefficient (Wildman–Crippen LogP) is 3.53. The zero-order chi connectivity index (χ0) is 14.7. The third-order valence-corrected chi connectivity index (χ3v) is 2.76. The highest BCUT2D eigenvalue weighted by Crippen LogP contribution is 2.23. The number of aromatic nitrogens is 1. The maximum absolute atomic E-state index is 5.94. The summed E-state index contributed by atoms with van der Waals surface area (Å²) < 4.78 is 5.94. The summed E-state index contributed by atoms with van der Waals surface area (Å²) in [7, 11) is 0. The van der Waals surface area contributed by atoms with E-state index in [1.807, 2.05) is 18.3 Å². The van der Waals surface area contributed by atoms with Gasteiger partial charge in [-0.2, -0.15) is 0 Å². The van der Waals surface area contributed by atoms with E-state index < -0.39 is 0 Å². The molecule has 0 aliphatic carbocycles. The fourth-order valence-electron chi connectivity index (χ4n) is 1.62. The molecule has 19 heavy (non-hydrogen) atoms. The van der Waals surface area contributed by atoms with Crippen LogP contribution in [0.4, 0.5) is 0 Å². The van der Waals surface area contributed by atoms with Crippen LogP contribution in [0.3, 0.4) is 0 Å². The SMILES string of the molecule is CC(CNC(C)(C)C)Oc1ccnc(C(C)(C)C)c1. The van der Waals surface area contributed by atoms with E-state index in [2.05, 4.69) is 58.8 Å². The molecule has 0 spiro atoms. The van der Waals surface area contributed by atoms with Gasteiger partial charge in [0.25, 0.3) is 0 Å². The highest BCUT2D eigenvalue weighted by molar-refractivity contribution is 5.26. The van der Waals surface area contributed by atoms with Crippen molar-refractivity contribution in [3.05, 3.63) is 24.0 Å². The van der Waals surface area contributed by atoms with Gasteiger partial charge in [0.05, 0.1) is 0 Å². The van der Waals surface area contributed by atoms with Crippen LogP contribution in [0.2, 0.25) is 0 Å². The molecule has 1 heterocycles. The predicted molar refractivity (Wildman–Crippen MR) is 80.8 cm³/mol. The molecule has 0 saturated carbocycles. The van der Waals surface area contributed by atoms with Gasteiger partial charge in [0.1, 0.15) is 11.9 Å². The smallest absolute Gasteiger partial charge is 0.123 e. The lowest BCUT2D eigenvalue weighted by Gasteiger charge is -2.24. The van der Waals surface area contributed by atoms with Gasteiger partial charge in [-0.15, -0.1) is 0 Å². The first kappa shape index (κ1) is 16.0. The van der Waals surface area contributed by atoms with Crippen LogP contribution in [0.25, 0.3) is 0 Å². The lowest BCUT2D eigenvalue weighted by molar-refractivity contribution is 0.202. The molecule has 0 fully saturated rings. The Labute approximate surface area is 117 Å². The van der Waals surface area contributed by atoms with Crippen LogP contribution in [0.5, 0.6) is 5.75 Å². The van der Waals surface area contributed by atoms with Crippen LogP contribution in [-0.2, 0) is 5.41 Å². The molecule has 0 aliphatic heterocycles. The van der Waals surface area contributed by atoms with Gasteiger partial charge in [0, 0.05) is 35.5 Å². The van der Waals surface area contributed by atoms with Crippen molar-refractivity contribution in [3.63, 3.8) is 0 Å². The Bertz CT molecular complexity index is 402. The number of pyridine rings is 1. The Morgan fingerprint density at radius 1 is 1.21 bits per heavy atom. The normalized spacial score (nSPS) is 14.3. The minimum absolute atomic E-state index is 0.0479. The lowest BCUT2D eigenvalue weighted by Crippen LogP contribution is -2.41. The zero-order valence-corrected chi connectivity index (χ0v) is 13.4. The number of hydrogen-bond acceptors (Lipinski definition) is 3. The van der Waals surface area contributed by atoms with Crippen LogP contribution < -0.4 is 10.1 Å². The van der Waals surface area contributed by atoms with E-state index in [4.69, 9.17) is 4.74 Å². The summed E-state index contributed by atoms with van der Waals surface area (Å²) in [5, 5.41) is 3.45. The maximum Gasteiger partial charge on any atom is 0.123 e. The second-order valence-corrected chi connectivity index (χ2v) is 7.19. The van der Waals surface area contributed by atoms with Crippen molar-refractivity contribution >= 4 is 0 Å². The Hall–Kier alpha value is -1.09. The van der Waals surface area contributed by atoms with Gasteiger partial charge in [0.2, 0.25) is 0 Å². The van der Waals surface area contributed by atoms with Gasteiger partial charge in [-0.25, -0.2) is 0 Å². The number of nitrogens with one attached hydrogen (secondary N) is 1. The molecular formula is C16H28N2O. The third-order valence-electron chi connectivity index (χ3n) is 2.76. The number of nitrogens with zero attached hydrogens (tertiary/aromatic N) is 1. The molecule has 1 N–H and O–H groups in total. The van der Waals surface area contributed by atoms with Crippen molar-refractivity contribution in [3.8, 4) is 5.75 Å². The van der Waals surface area contributed by atoms with E-state index in [1.165, 1.54) is 0 Å². The van der Waals surface area contributed by atoms with Crippen molar-refractivity contribution in [2.24, 2.45) is 0 Å². The summed E-state index contributed by atoms with van der Waals surface area (Å²) in [6.45, 7) is 15.8. The largest absolute Gasteiger partial charge is 0.489 e. The Kier molecular flexibility index (Phi) is 4.97. The van der Waals surface area contributed by atoms with E-state index in [-0.39, 0.29) is 17.1 Å². The molecule has 0 amide bonds. The summed E-state index contributed by atoms with van der Waals surface area (Å²) in [5.41, 5.74) is 1.22. The summed E-state index contributed by atoms with van der Waals surface area (Å²) in [6.07, 6.45) is 1.95. The Morgan fingerprint density at radius 3 is 2.37 bits per heavy atom. The number of ether oxygens (including phenoxy) is 1. The van der Waals surface area contributed by atoms with Crippen molar-refractivity contribution < 1.29 is 4.74 Å². The molecule has 0 aromatic carbocycles. The van der Waals surface area contributed by atoms with E-state index in [1.54, 1.807) is 0 Å². The van der Waals surface area contributed by atoms with Crippen LogP contribution in [-0.4, -0.2) is 23.2 Å². The first-order chi connectivity index (χ1) is 8.58. The molecule has 1 rings (SSSR count). The van der Waals surface area contributed by atoms with E-state index in [0.717, 1.165) is 18.0 Å². The zero-order valence-electron chi connectivity index (χ0n) is 13.4. The first-order valence-corrected chi connectivity index (χ1v) is 6.96. The summed E-state index contributed by atoms with van der Waals surface area (Å²) in [4.78, 5) is 4.41. The van der Waals surface area contributed by atoms with Crippen LogP contribution in [0, 0.1) is 0 Å². The average molecular weight is 264 g/mol. The second-order valence-electron chi connectivity index (χ2n) is 7.19. The van der Waals surface area contributed by atoms with Gasteiger partial charge >= 0.3 is 0 Å². The quantitative estimate of drug-likeness (QED) is 0.903. The van der Waals surface area contributed by atoms with Crippen LogP contribution in [0.1, 0.15) is 54.2 Å². The van der Waals surface area contributed by atoms with Crippen molar-refractivity contribution in [2.75, 3.05) is 6.54 Å². The molecule has 1 aromatic rings. The van der Waals surface area contributed by atoms with Gasteiger partial charge < -0.3 is 10.1 Å². The fraction of sp³-hybridized carbons (Fsp3) is 0.688. The summed E-state index contributed by atoms with van der Waals surface area (Å²) in [6, 6.07) is 3.95. The minimum atomic E-state index is 0.0479. The molecule has 0 bridgehead atoms. The molecular weight excluding hydrogens is 236 g/mol. The van der Waals surface area contributed by atoms with Crippen LogP contribution in [0.15, 0.2) is 18.3 Å². The van der Waals surface area contributed by atoms with E-state index in [9.17, 15) is 0 Å². The van der Waals surface area contributed by atoms with Crippen molar-refractivity contribution in [1.82, 2.24) is 10.3 Å². The molecule has 0 aliphatic rings. The fourth-order valence-corrected chi connectivity index (χ4v) is 1.62. The standard InChI is InChI=1S/C16H28N2O/c1-12(11-18-16(5,6)7)19-13-8-9-17-14(10-13)15(2,3)4/h8-10,12,18H,11H2,1-7H3. The molecule has 1 atom stereocenters. The molecule has 0 saturated heterocycles.